The largest absolute Gasteiger partial charge is 0.492 e. The van der Waals surface area contributed by atoms with E-state index in [1.54, 1.807) is 24.3 Å². The van der Waals surface area contributed by atoms with Gasteiger partial charge in [-0.15, -0.1) is 0 Å². The van der Waals surface area contributed by atoms with Gasteiger partial charge in [0.05, 0.1) is 11.6 Å². The monoisotopic (exact) mass is 424 g/mol. The van der Waals surface area contributed by atoms with E-state index >= 15 is 0 Å². The van der Waals surface area contributed by atoms with E-state index in [4.69, 9.17) is 32.7 Å². The molecule has 0 radical (unpaired) electrons. The Labute approximate surface area is 174 Å². The van der Waals surface area contributed by atoms with E-state index in [1.165, 1.54) is 0 Å². The maximum absolute atomic E-state index is 11.8. The van der Waals surface area contributed by atoms with Crippen molar-refractivity contribution < 1.29 is 19.1 Å². The van der Waals surface area contributed by atoms with Crippen LogP contribution in [0, 0.1) is 0 Å². The zero-order chi connectivity index (χ0) is 20.4. The highest BCUT2D eigenvalue weighted by Crippen LogP contribution is 2.27. The smallest absolute Gasteiger partial charge is 0.276 e. The topological polar surface area (TPSA) is 76.7 Å². The molecule has 2 N–H and O–H groups in total. The Balaban J connectivity index is 1.60. The lowest BCUT2D eigenvalue weighted by molar-refractivity contribution is -0.130. The summed E-state index contributed by atoms with van der Waals surface area (Å²) in [6.45, 7) is 2.15. The number of ether oxygens (including phenoxy) is 2. The third-order valence-corrected chi connectivity index (χ3v) is 4.25. The molecule has 0 spiro atoms. The maximum Gasteiger partial charge on any atom is 0.276 e. The number of hydrogen-bond donors (Lipinski definition) is 2. The van der Waals surface area contributed by atoms with Crippen molar-refractivity contribution in [2.24, 2.45) is 0 Å². The Morgan fingerprint density at radius 3 is 2.54 bits per heavy atom. The first kappa shape index (κ1) is 21.9. The Hall–Kier alpha value is -2.44. The van der Waals surface area contributed by atoms with E-state index in [0.717, 1.165) is 12.0 Å². The number of hydrogen-bond acceptors (Lipinski definition) is 4. The average Bonchev–Trinajstić information content (AvgIpc) is 2.69. The first-order valence-corrected chi connectivity index (χ1v) is 9.60. The molecule has 0 aromatic heterocycles. The SMILES string of the molecule is CCc1cccc(OCC(=O)NNC(=O)CCCOc2ccc(Cl)cc2Cl)c1. The van der Waals surface area contributed by atoms with Gasteiger partial charge >= 0.3 is 0 Å². The molecule has 0 saturated heterocycles. The standard InChI is InChI=1S/C20H22Cl2N2O4/c1-2-14-5-3-6-16(11-14)28-13-20(26)24-23-19(25)7-4-10-27-18-9-8-15(21)12-17(18)22/h3,5-6,8-9,11-12H,2,4,7,10,13H2,1H3,(H,23,25)(H,24,26). The summed E-state index contributed by atoms with van der Waals surface area (Å²) in [5.41, 5.74) is 5.78. The third kappa shape index (κ3) is 7.66. The van der Waals surface area contributed by atoms with E-state index in [1.807, 2.05) is 25.1 Å². The molecule has 2 rings (SSSR count). The number of carbonyl (C=O) groups excluding carboxylic acids is 2. The minimum atomic E-state index is -0.445. The van der Waals surface area contributed by atoms with Crippen LogP contribution in [-0.4, -0.2) is 25.0 Å². The molecular weight excluding hydrogens is 403 g/mol. The quantitative estimate of drug-likeness (QED) is 0.471. The number of aryl methyl sites for hydroxylation is 1. The van der Waals surface area contributed by atoms with Crippen LogP contribution in [0.2, 0.25) is 10.0 Å². The summed E-state index contributed by atoms with van der Waals surface area (Å²) >= 11 is 11.8. The lowest BCUT2D eigenvalue weighted by Crippen LogP contribution is -2.43. The number of rotatable bonds is 9. The summed E-state index contributed by atoms with van der Waals surface area (Å²) in [7, 11) is 0. The second kappa shape index (κ2) is 11.4. The molecule has 2 aromatic carbocycles. The summed E-state index contributed by atoms with van der Waals surface area (Å²) < 4.78 is 10.9. The fourth-order valence-electron chi connectivity index (χ4n) is 2.25. The van der Waals surface area contributed by atoms with Crippen molar-refractivity contribution in [2.75, 3.05) is 13.2 Å². The van der Waals surface area contributed by atoms with Crippen molar-refractivity contribution in [3.05, 3.63) is 58.1 Å². The molecule has 0 fully saturated rings. The number of nitrogens with one attached hydrogen (secondary N) is 2. The van der Waals surface area contributed by atoms with Gasteiger partial charge in [-0.05, 0) is 48.7 Å². The van der Waals surface area contributed by atoms with Crippen molar-refractivity contribution in [1.82, 2.24) is 10.9 Å². The molecule has 150 valence electrons. The van der Waals surface area contributed by atoms with Crippen LogP contribution in [0.25, 0.3) is 0 Å². The van der Waals surface area contributed by atoms with Gasteiger partial charge in [0.25, 0.3) is 5.91 Å². The van der Waals surface area contributed by atoms with Crippen LogP contribution in [0.1, 0.15) is 25.3 Å². The molecule has 0 aliphatic carbocycles. The van der Waals surface area contributed by atoms with Crippen LogP contribution in [0.3, 0.4) is 0 Å². The molecule has 28 heavy (non-hydrogen) atoms. The zero-order valence-corrected chi connectivity index (χ0v) is 17.0. The van der Waals surface area contributed by atoms with Gasteiger partial charge < -0.3 is 9.47 Å². The second-order valence-electron chi connectivity index (χ2n) is 5.91. The molecule has 0 saturated carbocycles. The van der Waals surface area contributed by atoms with Crippen LogP contribution in [-0.2, 0) is 16.0 Å². The Morgan fingerprint density at radius 1 is 1.00 bits per heavy atom. The Morgan fingerprint density at radius 2 is 1.79 bits per heavy atom. The summed E-state index contributed by atoms with van der Waals surface area (Å²) in [5.74, 6) is 0.342. The van der Waals surface area contributed by atoms with Crippen LogP contribution in [0.15, 0.2) is 42.5 Å². The van der Waals surface area contributed by atoms with Gasteiger partial charge in [-0.3, -0.25) is 20.4 Å². The van der Waals surface area contributed by atoms with Gasteiger partial charge in [-0.2, -0.15) is 0 Å². The molecule has 2 amide bonds. The molecule has 0 heterocycles. The van der Waals surface area contributed by atoms with E-state index < -0.39 is 5.91 Å². The van der Waals surface area contributed by atoms with Gasteiger partial charge in [0.1, 0.15) is 11.5 Å². The molecule has 8 heteroatoms. The number of benzene rings is 2. The molecule has 0 aliphatic heterocycles. The first-order valence-electron chi connectivity index (χ1n) is 8.85. The first-order chi connectivity index (χ1) is 13.5. The molecular formula is C20H22Cl2N2O4. The lowest BCUT2D eigenvalue weighted by atomic mass is 10.2. The van der Waals surface area contributed by atoms with Gasteiger partial charge in [-0.25, -0.2) is 0 Å². The molecule has 0 unspecified atom stereocenters. The predicted molar refractivity (Wildman–Crippen MR) is 109 cm³/mol. The van der Waals surface area contributed by atoms with Gasteiger partial charge in [-0.1, -0.05) is 42.3 Å². The van der Waals surface area contributed by atoms with Gasteiger partial charge in [0, 0.05) is 11.4 Å². The Kier molecular flexibility index (Phi) is 8.91. The molecule has 2 aromatic rings. The Bertz CT molecular complexity index is 815. The highest BCUT2D eigenvalue weighted by molar-refractivity contribution is 6.35. The average molecular weight is 425 g/mol. The van der Waals surface area contributed by atoms with Crippen molar-refractivity contribution in [3.63, 3.8) is 0 Å². The van der Waals surface area contributed by atoms with E-state index in [9.17, 15) is 9.59 Å². The predicted octanol–water partition coefficient (Wildman–Crippen LogP) is 3.94. The van der Waals surface area contributed by atoms with Crippen LogP contribution in [0.5, 0.6) is 11.5 Å². The van der Waals surface area contributed by atoms with Gasteiger partial charge in [0.2, 0.25) is 5.91 Å². The van der Waals surface area contributed by atoms with Gasteiger partial charge in [0.15, 0.2) is 6.61 Å². The summed E-state index contributed by atoms with van der Waals surface area (Å²) in [6.07, 6.45) is 1.53. The summed E-state index contributed by atoms with van der Waals surface area (Å²) in [4.78, 5) is 23.5. The maximum atomic E-state index is 11.8. The summed E-state index contributed by atoms with van der Waals surface area (Å²) in [5, 5.41) is 0.934. The minimum Gasteiger partial charge on any atom is -0.492 e. The lowest BCUT2D eigenvalue weighted by Gasteiger charge is -2.10. The fraction of sp³-hybridized carbons (Fsp3) is 0.300. The van der Waals surface area contributed by atoms with Crippen molar-refractivity contribution in [3.8, 4) is 11.5 Å². The van der Waals surface area contributed by atoms with Crippen molar-refractivity contribution >= 4 is 35.0 Å². The van der Waals surface area contributed by atoms with Crippen molar-refractivity contribution in [2.45, 2.75) is 26.2 Å². The van der Waals surface area contributed by atoms with Crippen LogP contribution in [0.4, 0.5) is 0 Å². The second-order valence-corrected chi connectivity index (χ2v) is 6.76. The third-order valence-electron chi connectivity index (χ3n) is 3.72. The normalized spacial score (nSPS) is 10.2. The molecule has 0 atom stereocenters. The highest BCUT2D eigenvalue weighted by atomic mass is 35.5. The highest BCUT2D eigenvalue weighted by Gasteiger charge is 2.07. The number of halogens is 2. The molecule has 0 bridgehead atoms. The zero-order valence-electron chi connectivity index (χ0n) is 15.5. The fourth-order valence-corrected chi connectivity index (χ4v) is 2.71. The number of amides is 2. The molecule has 0 aliphatic rings. The van der Waals surface area contributed by atoms with Crippen LogP contribution >= 0.6 is 23.2 Å². The number of hydrazine groups is 1. The van der Waals surface area contributed by atoms with Crippen LogP contribution < -0.4 is 20.3 Å². The minimum absolute atomic E-state index is 0.185. The summed E-state index contributed by atoms with van der Waals surface area (Å²) in [6, 6.07) is 12.4. The van der Waals surface area contributed by atoms with E-state index in [0.29, 0.717) is 34.6 Å². The van der Waals surface area contributed by atoms with E-state index in [-0.39, 0.29) is 18.9 Å². The number of carbonyl (C=O) groups is 2. The molecule has 6 nitrogen and oxygen atoms in total. The van der Waals surface area contributed by atoms with Crippen molar-refractivity contribution in [1.29, 1.82) is 0 Å². The van der Waals surface area contributed by atoms with E-state index in [2.05, 4.69) is 10.9 Å².